The fraction of sp³-hybridized carbons (Fsp3) is 0.316. The van der Waals surface area contributed by atoms with Crippen LogP contribution in [0.2, 0.25) is 0 Å². The molecule has 2 heterocycles. The number of nitrogens with zero attached hydrogens (tertiary/aromatic N) is 2. The molecule has 0 aliphatic carbocycles. The van der Waals surface area contributed by atoms with Crippen molar-refractivity contribution >= 4 is 23.2 Å². The van der Waals surface area contributed by atoms with Crippen molar-refractivity contribution in [2.75, 3.05) is 38.0 Å². The molecule has 1 aromatic carbocycles. The van der Waals surface area contributed by atoms with Gasteiger partial charge in [-0.05, 0) is 30.3 Å². The van der Waals surface area contributed by atoms with Crippen LogP contribution in [-0.4, -0.2) is 55.5 Å². The molecule has 1 unspecified atom stereocenters. The molecule has 27 heavy (non-hydrogen) atoms. The number of benzene rings is 1. The number of rotatable bonds is 4. The van der Waals surface area contributed by atoms with Crippen molar-refractivity contribution in [3.63, 3.8) is 0 Å². The number of nitrogens with one attached hydrogen (secondary N) is 2. The van der Waals surface area contributed by atoms with Crippen molar-refractivity contribution in [2.45, 2.75) is 12.5 Å². The third kappa shape index (κ3) is 3.94. The van der Waals surface area contributed by atoms with E-state index in [0.717, 1.165) is 5.69 Å². The highest BCUT2D eigenvalue weighted by molar-refractivity contribution is 5.95. The molecule has 0 fully saturated rings. The van der Waals surface area contributed by atoms with Gasteiger partial charge in [-0.3, -0.25) is 14.4 Å². The maximum atomic E-state index is 12.3. The minimum atomic E-state index is -0.351. The second-order valence-electron chi connectivity index (χ2n) is 6.62. The molecule has 2 aromatic rings. The summed E-state index contributed by atoms with van der Waals surface area (Å²) in [5.74, 6) is 0.287. The molecule has 1 atom stereocenters. The summed E-state index contributed by atoms with van der Waals surface area (Å²) in [5.41, 5.74) is 1.16. The van der Waals surface area contributed by atoms with Crippen LogP contribution < -0.4 is 20.5 Å². The molecular weight excluding hydrogens is 348 g/mol. The summed E-state index contributed by atoms with van der Waals surface area (Å²) in [6, 6.07) is 8.24. The average Bonchev–Trinajstić information content (AvgIpc) is 2.65. The van der Waals surface area contributed by atoms with Crippen LogP contribution in [0.3, 0.4) is 0 Å². The number of amides is 2. The van der Waals surface area contributed by atoms with Crippen LogP contribution >= 0.6 is 0 Å². The molecule has 1 aromatic heterocycles. The summed E-state index contributed by atoms with van der Waals surface area (Å²) in [6.45, 7) is 0.336. The molecule has 1 aliphatic heterocycles. The molecule has 8 nitrogen and oxygen atoms in total. The number of anilines is 2. The van der Waals surface area contributed by atoms with Gasteiger partial charge >= 0.3 is 0 Å². The van der Waals surface area contributed by atoms with Gasteiger partial charge in [0.1, 0.15) is 18.0 Å². The van der Waals surface area contributed by atoms with Crippen molar-refractivity contribution in [3.8, 4) is 5.75 Å². The van der Waals surface area contributed by atoms with E-state index >= 15 is 0 Å². The Morgan fingerprint density at radius 1 is 1.33 bits per heavy atom. The van der Waals surface area contributed by atoms with Gasteiger partial charge in [-0.1, -0.05) is 0 Å². The molecule has 1 aliphatic rings. The van der Waals surface area contributed by atoms with Gasteiger partial charge in [0.25, 0.3) is 11.5 Å². The smallest absolute Gasteiger partial charge is 0.271 e. The number of carbonyl (C=O) groups excluding carboxylic acids is 2. The van der Waals surface area contributed by atoms with Gasteiger partial charge in [0.2, 0.25) is 5.91 Å². The van der Waals surface area contributed by atoms with Crippen molar-refractivity contribution in [1.82, 2.24) is 9.88 Å². The van der Waals surface area contributed by atoms with Gasteiger partial charge < -0.3 is 24.8 Å². The van der Waals surface area contributed by atoms with Crippen LogP contribution in [-0.2, 0) is 4.79 Å². The SMILES string of the molecule is CN(C)C(=O)c1ccc2c(c1)N(C)C(CC(=O)Nc1ccc[nH]c1=O)CO2. The highest BCUT2D eigenvalue weighted by Crippen LogP contribution is 2.34. The number of ether oxygens (including phenoxy) is 1. The maximum absolute atomic E-state index is 12.3. The monoisotopic (exact) mass is 370 g/mol. The Hall–Kier alpha value is -3.29. The van der Waals surface area contributed by atoms with E-state index in [0.29, 0.717) is 17.9 Å². The Kier molecular flexibility index (Phi) is 5.16. The molecule has 2 N–H and O–H groups in total. The molecule has 0 bridgehead atoms. The minimum absolute atomic E-state index is 0.102. The zero-order valence-electron chi connectivity index (χ0n) is 15.5. The molecule has 0 saturated heterocycles. The van der Waals surface area contributed by atoms with Crippen LogP contribution in [0.1, 0.15) is 16.8 Å². The van der Waals surface area contributed by atoms with E-state index in [9.17, 15) is 14.4 Å². The number of H-pyrrole nitrogens is 1. The Balaban J connectivity index is 1.74. The first kappa shape index (κ1) is 18.5. The fourth-order valence-corrected chi connectivity index (χ4v) is 2.93. The molecule has 142 valence electrons. The number of likely N-dealkylation sites (N-methyl/N-ethyl adjacent to an activating group) is 1. The van der Waals surface area contributed by atoms with E-state index in [1.54, 1.807) is 44.4 Å². The number of aromatic amines is 1. The maximum Gasteiger partial charge on any atom is 0.271 e. The van der Waals surface area contributed by atoms with E-state index in [2.05, 4.69) is 10.3 Å². The third-order valence-electron chi connectivity index (χ3n) is 4.48. The van der Waals surface area contributed by atoms with Gasteiger partial charge in [-0.25, -0.2) is 0 Å². The second kappa shape index (κ2) is 7.53. The lowest BCUT2D eigenvalue weighted by Crippen LogP contribution is -2.43. The van der Waals surface area contributed by atoms with Crippen LogP contribution in [0.25, 0.3) is 0 Å². The summed E-state index contributed by atoms with van der Waals surface area (Å²) < 4.78 is 5.76. The van der Waals surface area contributed by atoms with E-state index in [4.69, 9.17) is 4.74 Å². The molecule has 8 heteroatoms. The van der Waals surface area contributed by atoms with Crippen molar-refractivity contribution in [2.24, 2.45) is 0 Å². The van der Waals surface area contributed by atoms with Crippen molar-refractivity contribution < 1.29 is 14.3 Å². The number of aromatic nitrogens is 1. The number of hydrogen-bond donors (Lipinski definition) is 2. The molecule has 3 rings (SSSR count). The Morgan fingerprint density at radius 2 is 2.11 bits per heavy atom. The average molecular weight is 370 g/mol. The molecular formula is C19H22N4O4. The number of hydrogen-bond acceptors (Lipinski definition) is 5. The van der Waals surface area contributed by atoms with Crippen molar-refractivity contribution in [3.05, 3.63) is 52.4 Å². The van der Waals surface area contributed by atoms with E-state index in [1.807, 2.05) is 11.9 Å². The van der Waals surface area contributed by atoms with Gasteiger partial charge in [0, 0.05) is 32.9 Å². The lowest BCUT2D eigenvalue weighted by atomic mass is 10.1. The van der Waals surface area contributed by atoms with Crippen LogP contribution in [0, 0.1) is 0 Å². The Labute approximate surface area is 156 Å². The van der Waals surface area contributed by atoms with E-state index in [1.165, 1.54) is 11.1 Å². The topological polar surface area (TPSA) is 94.7 Å². The predicted molar refractivity (Wildman–Crippen MR) is 102 cm³/mol. The summed E-state index contributed by atoms with van der Waals surface area (Å²) >= 11 is 0. The largest absolute Gasteiger partial charge is 0.489 e. The first-order chi connectivity index (χ1) is 12.9. The van der Waals surface area contributed by atoms with Gasteiger partial charge in [-0.2, -0.15) is 0 Å². The minimum Gasteiger partial charge on any atom is -0.489 e. The zero-order valence-corrected chi connectivity index (χ0v) is 15.5. The lowest BCUT2D eigenvalue weighted by molar-refractivity contribution is -0.116. The molecule has 0 spiro atoms. The normalized spacial score (nSPS) is 15.5. The van der Waals surface area contributed by atoms with Crippen molar-refractivity contribution in [1.29, 1.82) is 0 Å². The first-order valence-electron chi connectivity index (χ1n) is 8.55. The van der Waals surface area contributed by atoms with E-state index in [-0.39, 0.29) is 35.5 Å². The molecule has 0 radical (unpaired) electrons. The third-order valence-corrected chi connectivity index (χ3v) is 4.48. The van der Waals surface area contributed by atoms with Gasteiger partial charge in [-0.15, -0.1) is 0 Å². The highest BCUT2D eigenvalue weighted by Gasteiger charge is 2.28. The van der Waals surface area contributed by atoms with Crippen LogP contribution in [0.5, 0.6) is 5.75 Å². The Bertz CT molecular complexity index is 922. The fourth-order valence-electron chi connectivity index (χ4n) is 2.93. The van der Waals surface area contributed by atoms with Gasteiger partial charge in [0.05, 0.1) is 18.2 Å². The standard InChI is InChI=1S/C19H22N4O4/c1-22(2)19(26)12-6-7-16-15(9-12)23(3)13(11-27-16)10-17(24)21-14-5-4-8-20-18(14)25/h4-9,13H,10-11H2,1-3H3,(H,20,25)(H,21,24). The quantitative estimate of drug-likeness (QED) is 0.846. The number of pyridine rings is 1. The molecule has 0 saturated carbocycles. The van der Waals surface area contributed by atoms with E-state index < -0.39 is 0 Å². The predicted octanol–water partition coefficient (Wildman–Crippen LogP) is 1.30. The summed E-state index contributed by atoms with van der Waals surface area (Å²) in [7, 11) is 5.25. The summed E-state index contributed by atoms with van der Waals surface area (Å²) in [5, 5.41) is 2.62. The molecule has 2 amide bonds. The summed E-state index contributed by atoms with van der Waals surface area (Å²) in [6.07, 6.45) is 1.65. The van der Waals surface area contributed by atoms with Crippen LogP contribution in [0.4, 0.5) is 11.4 Å². The Morgan fingerprint density at radius 3 is 2.81 bits per heavy atom. The summed E-state index contributed by atoms with van der Waals surface area (Å²) in [4.78, 5) is 42.2. The first-order valence-corrected chi connectivity index (χ1v) is 8.55. The second-order valence-corrected chi connectivity index (χ2v) is 6.62. The zero-order chi connectivity index (χ0) is 19.6. The highest BCUT2D eigenvalue weighted by atomic mass is 16.5. The number of carbonyl (C=O) groups is 2. The lowest BCUT2D eigenvalue weighted by Gasteiger charge is -2.35. The number of fused-ring (bicyclic) bond motifs is 1. The van der Waals surface area contributed by atoms with Crippen LogP contribution in [0.15, 0.2) is 41.3 Å². The van der Waals surface area contributed by atoms with Gasteiger partial charge in [0.15, 0.2) is 0 Å².